The van der Waals surface area contributed by atoms with Crippen molar-refractivity contribution in [3.8, 4) is 0 Å². The number of benzene rings is 1. The maximum absolute atomic E-state index is 4.83. The van der Waals surface area contributed by atoms with Crippen LogP contribution >= 0.6 is 12.6 Å². The number of hydrogen-bond acceptors (Lipinski definition) is 0. The molecule has 1 rings (SSSR count). The van der Waals surface area contributed by atoms with Gasteiger partial charge in [-0.2, -0.15) is 0 Å². The van der Waals surface area contributed by atoms with E-state index >= 15 is 0 Å². The minimum atomic E-state index is 0.823. The molecule has 0 unspecified atom stereocenters. The molecule has 0 bridgehead atoms. The summed E-state index contributed by atoms with van der Waals surface area (Å²) in [5.74, 6) is 0.823. The molecule has 1 heteroatoms. The van der Waals surface area contributed by atoms with Crippen molar-refractivity contribution in [2.24, 2.45) is 0 Å². The molecule has 0 N–H and O–H groups in total. The lowest BCUT2D eigenvalue weighted by Gasteiger charge is -1.92. The minimum absolute atomic E-state index is 0.823. The molecule has 0 nitrogen and oxygen atoms in total. The topological polar surface area (TPSA) is 0 Å². The van der Waals surface area contributed by atoms with Gasteiger partial charge in [-0.1, -0.05) is 43.0 Å². The van der Waals surface area contributed by atoms with E-state index in [1.807, 2.05) is 18.2 Å². The van der Waals surface area contributed by atoms with Crippen molar-refractivity contribution in [2.75, 3.05) is 5.75 Å². The summed E-state index contributed by atoms with van der Waals surface area (Å²) in [5, 5.41) is 0. The first-order valence-electron chi connectivity index (χ1n) is 3.05. The van der Waals surface area contributed by atoms with Crippen molar-refractivity contribution < 1.29 is 0 Å². The third kappa shape index (κ3) is 2.10. The first-order valence-corrected chi connectivity index (χ1v) is 3.63. The Morgan fingerprint density at radius 2 is 1.78 bits per heavy atom. The fraction of sp³-hybridized carbons (Fsp3) is 0.250. The van der Waals surface area contributed by atoms with E-state index in [0.29, 0.717) is 0 Å². The molecule has 0 saturated carbocycles. The fourth-order valence-corrected chi connectivity index (χ4v) is 0.998. The Hall–Kier alpha value is -0.430. The summed E-state index contributed by atoms with van der Waals surface area (Å²) in [6, 6.07) is 10.3. The average molecular weight is 137 g/mol. The predicted molar refractivity (Wildman–Crippen MR) is 42.6 cm³/mol. The fourth-order valence-electron chi connectivity index (χ4n) is 0.763. The van der Waals surface area contributed by atoms with Crippen molar-refractivity contribution >= 4 is 12.6 Å². The molecule has 0 amide bonds. The zero-order valence-corrected chi connectivity index (χ0v) is 6.03. The SMILES string of the molecule is [S]CCc1ccccc1. The van der Waals surface area contributed by atoms with Crippen molar-refractivity contribution in [2.45, 2.75) is 6.42 Å². The molecule has 0 fully saturated rings. The van der Waals surface area contributed by atoms with Gasteiger partial charge in [-0.25, -0.2) is 0 Å². The van der Waals surface area contributed by atoms with Gasteiger partial charge >= 0.3 is 0 Å². The van der Waals surface area contributed by atoms with Crippen molar-refractivity contribution in [1.29, 1.82) is 0 Å². The van der Waals surface area contributed by atoms with Gasteiger partial charge in [-0.05, 0) is 12.0 Å². The van der Waals surface area contributed by atoms with E-state index in [9.17, 15) is 0 Å². The minimum Gasteiger partial charge on any atom is -0.0938 e. The van der Waals surface area contributed by atoms with Crippen LogP contribution in [0.5, 0.6) is 0 Å². The number of aryl methyl sites for hydroxylation is 1. The van der Waals surface area contributed by atoms with Crippen molar-refractivity contribution in [3.63, 3.8) is 0 Å². The summed E-state index contributed by atoms with van der Waals surface area (Å²) < 4.78 is 0. The molecule has 0 atom stereocenters. The first-order chi connectivity index (χ1) is 4.43. The van der Waals surface area contributed by atoms with Gasteiger partial charge in [0.05, 0.1) is 0 Å². The standard InChI is InChI=1S/C8H9S/c9-7-6-8-4-2-1-3-5-8/h1-5H,6-7H2. The van der Waals surface area contributed by atoms with Crippen LogP contribution in [-0.2, 0) is 6.42 Å². The maximum atomic E-state index is 4.83. The van der Waals surface area contributed by atoms with Crippen molar-refractivity contribution in [1.82, 2.24) is 0 Å². The van der Waals surface area contributed by atoms with Crippen LogP contribution in [0.3, 0.4) is 0 Å². The van der Waals surface area contributed by atoms with Crippen LogP contribution in [0.2, 0.25) is 0 Å². The Balaban J connectivity index is 2.61. The molecule has 0 aliphatic carbocycles. The van der Waals surface area contributed by atoms with Crippen LogP contribution in [0.4, 0.5) is 0 Å². The van der Waals surface area contributed by atoms with Gasteiger partial charge in [0.1, 0.15) is 0 Å². The molecule has 0 aliphatic heterocycles. The molecule has 0 heterocycles. The van der Waals surface area contributed by atoms with E-state index < -0.39 is 0 Å². The first kappa shape index (κ1) is 6.69. The van der Waals surface area contributed by atoms with Gasteiger partial charge in [0.15, 0.2) is 0 Å². The second-order valence-electron chi connectivity index (χ2n) is 1.94. The van der Waals surface area contributed by atoms with E-state index in [-0.39, 0.29) is 0 Å². The van der Waals surface area contributed by atoms with Crippen LogP contribution < -0.4 is 0 Å². The van der Waals surface area contributed by atoms with E-state index in [0.717, 1.165) is 12.2 Å². The molecule has 0 saturated heterocycles. The molecular formula is C8H9S. The molecule has 1 aromatic rings. The van der Waals surface area contributed by atoms with E-state index in [4.69, 9.17) is 12.6 Å². The smallest absolute Gasteiger partial charge is 0.00774 e. The Morgan fingerprint density at radius 3 is 2.33 bits per heavy atom. The summed E-state index contributed by atoms with van der Waals surface area (Å²) in [6.07, 6.45) is 1.02. The predicted octanol–water partition coefficient (Wildman–Crippen LogP) is 2.43. The molecule has 47 valence electrons. The lowest BCUT2D eigenvalue weighted by Crippen LogP contribution is -1.82. The van der Waals surface area contributed by atoms with E-state index in [1.54, 1.807) is 0 Å². The summed E-state index contributed by atoms with van der Waals surface area (Å²) in [4.78, 5) is 0. The average Bonchev–Trinajstić information content (AvgIpc) is 1.91. The Labute approximate surface area is 61.3 Å². The maximum Gasteiger partial charge on any atom is 0.00774 e. The molecule has 1 radical (unpaired) electrons. The number of rotatable bonds is 2. The van der Waals surface area contributed by atoms with E-state index in [1.165, 1.54) is 5.56 Å². The monoisotopic (exact) mass is 137 g/mol. The quantitative estimate of drug-likeness (QED) is 0.587. The summed E-state index contributed by atoms with van der Waals surface area (Å²) in [5.41, 5.74) is 1.34. The lowest BCUT2D eigenvalue weighted by molar-refractivity contribution is 1.16. The summed E-state index contributed by atoms with van der Waals surface area (Å²) >= 11 is 4.83. The van der Waals surface area contributed by atoms with Gasteiger partial charge in [0, 0.05) is 5.75 Å². The highest BCUT2D eigenvalue weighted by Gasteiger charge is 1.85. The van der Waals surface area contributed by atoms with Gasteiger partial charge in [0.2, 0.25) is 0 Å². The van der Waals surface area contributed by atoms with Crippen LogP contribution in [0, 0.1) is 0 Å². The van der Waals surface area contributed by atoms with Crippen LogP contribution in [0.25, 0.3) is 0 Å². The van der Waals surface area contributed by atoms with Gasteiger partial charge in [-0.3, -0.25) is 0 Å². The Bertz CT molecular complexity index is 157. The molecular weight excluding hydrogens is 128 g/mol. The molecule has 1 aromatic carbocycles. The Kier molecular flexibility index (Phi) is 2.65. The Morgan fingerprint density at radius 1 is 1.11 bits per heavy atom. The zero-order valence-electron chi connectivity index (χ0n) is 5.21. The lowest BCUT2D eigenvalue weighted by atomic mass is 10.2. The molecule has 9 heavy (non-hydrogen) atoms. The zero-order chi connectivity index (χ0) is 6.53. The summed E-state index contributed by atoms with van der Waals surface area (Å²) in [6.45, 7) is 0. The molecule has 0 aromatic heterocycles. The second kappa shape index (κ2) is 3.57. The van der Waals surface area contributed by atoms with Crippen LogP contribution in [0.1, 0.15) is 5.56 Å². The second-order valence-corrected chi connectivity index (χ2v) is 2.35. The van der Waals surface area contributed by atoms with Gasteiger partial charge in [0.25, 0.3) is 0 Å². The van der Waals surface area contributed by atoms with Gasteiger partial charge in [-0.15, -0.1) is 0 Å². The highest BCUT2D eigenvalue weighted by atomic mass is 32.1. The normalized spacial score (nSPS) is 9.44. The van der Waals surface area contributed by atoms with Crippen LogP contribution in [-0.4, -0.2) is 5.75 Å². The summed E-state index contributed by atoms with van der Waals surface area (Å²) in [7, 11) is 0. The third-order valence-corrected chi connectivity index (χ3v) is 1.44. The molecule has 0 aliphatic rings. The third-order valence-electron chi connectivity index (χ3n) is 1.23. The molecule has 0 spiro atoms. The highest BCUT2D eigenvalue weighted by Crippen LogP contribution is 1.99. The number of hydrogen-bond donors (Lipinski definition) is 0. The van der Waals surface area contributed by atoms with Crippen molar-refractivity contribution in [3.05, 3.63) is 35.9 Å². The van der Waals surface area contributed by atoms with E-state index in [2.05, 4.69) is 12.1 Å². The highest BCUT2D eigenvalue weighted by molar-refractivity contribution is 7.80. The largest absolute Gasteiger partial charge is 0.0938 e. The van der Waals surface area contributed by atoms with Gasteiger partial charge < -0.3 is 0 Å². The van der Waals surface area contributed by atoms with Crippen LogP contribution in [0.15, 0.2) is 30.3 Å².